The Morgan fingerprint density at radius 3 is 2.59 bits per heavy atom. The molecule has 0 radical (unpaired) electrons. The number of carbonyl (C=O) groups is 1. The molecule has 0 aliphatic heterocycles. The molecule has 0 aliphatic rings. The average molecular weight is 492 g/mol. The maximum atomic E-state index is 14.6. The molecule has 4 rings (SSSR count). The molecule has 34 heavy (non-hydrogen) atoms. The van der Waals surface area contributed by atoms with E-state index in [0.29, 0.717) is 0 Å². The predicted octanol–water partition coefficient (Wildman–Crippen LogP) is 5.28. The maximum Gasteiger partial charge on any atom is 0.417 e. The molecule has 2 aromatic carbocycles. The highest BCUT2D eigenvalue weighted by Crippen LogP contribution is 2.35. The van der Waals surface area contributed by atoms with Crippen LogP contribution in [0.3, 0.4) is 0 Å². The van der Waals surface area contributed by atoms with Crippen molar-refractivity contribution < 1.29 is 27.1 Å². The fourth-order valence-electron chi connectivity index (χ4n) is 3.27. The number of aromatic amines is 1. The van der Waals surface area contributed by atoms with E-state index >= 15 is 0 Å². The fourth-order valence-corrected chi connectivity index (χ4v) is 3.50. The van der Waals surface area contributed by atoms with Crippen LogP contribution in [0.15, 0.2) is 59.7 Å². The highest BCUT2D eigenvalue weighted by Gasteiger charge is 2.33. The van der Waals surface area contributed by atoms with E-state index in [9.17, 15) is 27.2 Å². The van der Waals surface area contributed by atoms with Gasteiger partial charge in [-0.2, -0.15) is 13.2 Å². The van der Waals surface area contributed by atoms with Gasteiger partial charge in [-0.25, -0.2) is 14.4 Å². The molecule has 0 saturated heterocycles. The second-order valence-electron chi connectivity index (χ2n) is 7.31. The molecule has 0 fully saturated rings. The monoisotopic (exact) mass is 491 g/mol. The van der Waals surface area contributed by atoms with E-state index in [0.717, 1.165) is 24.4 Å². The molecular weight excluding hydrogens is 478 g/mol. The second kappa shape index (κ2) is 9.22. The third-order valence-electron chi connectivity index (χ3n) is 4.82. The minimum absolute atomic E-state index is 0.0596. The van der Waals surface area contributed by atoms with Crippen LogP contribution < -0.4 is 10.3 Å². The molecular formula is C23H14ClF4N3O3. The number of nitrogens with one attached hydrogen (secondary N) is 1. The Hall–Kier alpha value is -3.79. The van der Waals surface area contributed by atoms with Crippen molar-refractivity contribution in [1.82, 2.24) is 15.0 Å². The Balaban J connectivity index is 1.48. The van der Waals surface area contributed by atoms with E-state index in [2.05, 4.69) is 15.0 Å². The van der Waals surface area contributed by atoms with Crippen molar-refractivity contribution in [2.24, 2.45) is 0 Å². The minimum atomic E-state index is -4.65. The van der Waals surface area contributed by atoms with Gasteiger partial charge in [0.2, 0.25) is 0 Å². The van der Waals surface area contributed by atoms with Gasteiger partial charge in [-0.15, -0.1) is 0 Å². The number of aromatic nitrogens is 3. The molecule has 1 N–H and O–H groups in total. The van der Waals surface area contributed by atoms with Crippen molar-refractivity contribution in [3.05, 3.63) is 92.7 Å². The number of benzene rings is 2. The smallest absolute Gasteiger partial charge is 0.417 e. The zero-order valence-corrected chi connectivity index (χ0v) is 17.9. The van der Waals surface area contributed by atoms with Gasteiger partial charge < -0.3 is 9.72 Å². The fraction of sp³-hybridized carbons (Fsp3) is 0.130. The Bertz CT molecular complexity index is 1450. The summed E-state index contributed by atoms with van der Waals surface area (Å²) in [5, 5.41) is -0.464. The number of fused-ring (bicyclic) bond motifs is 1. The van der Waals surface area contributed by atoms with E-state index < -0.39 is 33.9 Å². The summed E-state index contributed by atoms with van der Waals surface area (Å²) in [6.45, 7) is 0. The number of pyridine rings is 1. The van der Waals surface area contributed by atoms with Crippen molar-refractivity contribution in [3.8, 4) is 11.5 Å². The summed E-state index contributed by atoms with van der Waals surface area (Å²) in [7, 11) is 0. The van der Waals surface area contributed by atoms with Crippen molar-refractivity contribution in [3.63, 3.8) is 0 Å². The number of halogens is 5. The average Bonchev–Trinajstić information content (AvgIpc) is 2.76. The van der Waals surface area contributed by atoms with E-state index in [1.807, 2.05) is 0 Å². The van der Waals surface area contributed by atoms with Crippen LogP contribution >= 0.6 is 11.6 Å². The third kappa shape index (κ3) is 5.23. The van der Waals surface area contributed by atoms with Gasteiger partial charge in [0.1, 0.15) is 22.9 Å². The molecule has 0 spiro atoms. The largest absolute Gasteiger partial charge is 0.455 e. The van der Waals surface area contributed by atoms with Crippen LogP contribution in [-0.2, 0) is 23.8 Å². The first kappa shape index (κ1) is 23.4. The molecule has 2 heterocycles. The summed E-state index contributed by atoms with van der Waals surface area (Å²) in [5.74, 6) is -0.858. The van der Waals surface area contributed by atoms with E-state index in [-0.39, 0.29) is 46.6 Å². The van der Waals surface area contributed by atoms with E-state index in [4.69, 9.17) is 16.3 Å². The van der Waals surface area contributed by atoms with Gasteiger partial charge in [-0.05, 0) is 29.3 Å². The molecule has 0 bridgehead atoms. The Morgan fingerprint density at radius 2 is 1.85 bits per heavy atom. The van der Waals surface area contributed by atoms with E-state index in [1.54, 1.807) is 0 Å². The summed E-state index contributed by atoms with van der Waals surface area (Å²) < 4.78 is 59.3. The molecule has 174 valence electrons. The van der Waals surface area contributed by atoms with Gasteiger partial charge in [0.25, 0.3) is 5.56 Å². The third-order valence-corrected chi connectivity index (χ3v) is 5.15. The molecule has 2 aromatic heterocycles. The predicted molar refractivity (Wildman–Crippen MR) is 116 cm³/mol. The number of hydrogen-bond donors (Lipinski definition) is 1. The number of nitrogens with zero attached hydrogens (tertiary/aromatic N) is 2. The first-order valence-corrected chi connectivity index (χ1v) is 10.2. The van der Waals surface area contributed by atoms with E-state index in [1.165, 1.54) is 30.5 Å². The molecule has 0 amide bonds. The number of carbonyl (C=O) groups excluding carboxylic acids is 1. The SMILES string of the molecule is O=C(Cc1ccc(Cl)c(C(F)(F)F)c1)Cc1ccc(Oc2ccnc3[nH]c(=O)cnc23)cc1F. The summed E-state index contributed by atoms with van der Waals surface area (Å²) in [6, 6.07) is 8.57. The number of ketones is 1. The minimum Gasteiger partial charge on any atom is -0.455 e. The molecule has 11 heteroatoms. The van der Waals surface area contributed by atoms with Crippen LogP contribution in [0.25, 0.3) is 11.2 Å². The lowest BCUT2D eigenvalue weighted by Gasteiger charge is -2.11. The summed E-state index contributed by atoms with van der Waals surface area (Å²) in [5.41, 5.74) is -0.826. The lowest BCUT2D eigenvalue weighted by Crippen LogP contribution is -2.11. The first-order chi connectivity index (χ1) is 16.1. The zero-order valence-electron chi connectivity index (χ0n) is 17.1. The molecule has 4 aromatic rings. The van der Waals surface area contributed by atoms with Crippen LogP contribution in [0, 0.1) is 5.82 Å². The molecule has 0 unspecified atom stereocenters. The van der Waals surface area contributed by atoms with Crippen molar-refractivity contribution in [2.45, 2.75) is 19.0 Å². The zero-order chi connectivity index (χ0) is 24.5. The molecule has 0 atom stereocenters. The number of rotatable bonds is 6. The summed E-state index contributed by atoms with van der Waals surface area (Å²) >= 11 is 5.59. The topological polar surface area (TPSA) is 84.9 Å². The summed E-state index contributed by atoms with van der Waals surface area (Å²) in [6.07, 6.45) is -2.84. The van der Waals surface area contributed by atoms with Gasteiger partial charge in [0.15, 0.2) is 11.4 Å². The van der Waals surface area contributed by atoms with Gasteiger partial charge in [-0.3, -0.25) is 9.59 Å². The lowest BCUT2D eigenvalue weighted by atomic mass is 10.0. The van der Waals surface area contributed by atoms with Crippen molar-refractivity contribution in [1.29, 1.82) is 0 Å². The molecule has 0 aliphatic carbocycles. The van der Waals surface area contributed by atoms with Crippen LogP contribution in [-0.4, -0.2) is 20.7 Å². The number of Topliss-reactive ketones (excluding diaryl/α,β-unsaturated/α-hetero) is 1. The highest BCUT2D eigenvalue weighted by molar-refractivity contribution is 6.31. The van der Waals surface area contributed by atoms with Gasteiger partial charge in [0.05, 0.1) is 16.8 Å². The lowest BCUT2D eigenvalue weighted by molar-refractivity contribution is -0.137. The number of H-pyrrole nitrogens is 1. The number of ether oxygens (including phenoxy) is 1. The molecule has 6 nitrogen and oxygen atoms in total. The number of hydrogen-bond acceptors (Lipinski definition) is 5. The maximum absolute atomic E-state index is 14.6. The number of alkyl halides is 3. The Morgan fingerprint density at radius 1 is 1.06 bits per heavy atom. The second-order valence-corrected chi connectivity index (χ2v) is 7.72. The van der Waals surface area contributed by atoms with Crippen LogP contribution in [0.1, 0.15) is 16.7 Å². The van der Waals surface area contributed by atoms with Gasteiger partial charge >= 0.3 is 6.18 Å². The standard InChI is InChI=1S/C23H14ClF4N3O3/c24-17-4-1-12(8-16(17)23(26,27)28)7-14(32)9-13-2-3-15(10-18(13)25)34-19-5-6-29-22-21(19)30-11-20(33)31-22/h1-6,8,10-11H,7,9H2,(H,29,31,33). The Labute approximate surface area is 194 Å². The normalized spacial score (nSPS) is 11.6. The van der Waals surface area contributed by atoms with Gasteiger partial charge in [0, 0.05) is 31.2 Å². The quantitative estimate of drug-likeness (QED) is 0.371. The van der Waals surface area contributed by atoms with Crippen molar-refractivity contribution >= 4 is 28.5 Å². The highest BCUT2D eigenvalue weighted by atomic mass is 35.5. The van der Waals surface area contributed by atoms with Crippen LogP contribution in [0.2, 0.25) is 5.02 Å². The van der Waals surface area contributed by atoms with Crippen LogP contribution in [0.5, 0.6) is 11.5 Å². The summed E-state index contributed by atoms with van der Waals surface area (Å²) in [4.78, 5) is 34.2. The first-order valence-electron chi connectivity index (χ1n) is 9.78. The van der Waals surface area contributed by atoms with Crippen LogP contribution in [0.4, 0.5) is 17.6 Å². The Kier molecular flexibility index (Phi) is 6.34. The van der Waals surface area contributed by atoms with Gasteiger partial charge in [-0.1, -0.05) is 23.7 Å². The van der Waals surface area contributed by atoms with Crippen molar-refractivity contribution in [2.75, 3.05) is 0 Å². The molecule has 0 saturated carbocycles.